The quantitative estimate of drug-likeness (QED) is 0.774. The lowest BCUT2D eigenvalue weighted by Gasteiger charge is -2.34. The third-order valence-electron chi connectivity index (χ3n) is 3.90. The molecule has 3 heterocycles. The minimum absolute atomic E-state index is 0.0111. The van der Waals surface area contributed by atoms with Gasteiger partial charge in [0.15, 0.2) is 0 Å². The van der Waals surface area contributed by atoms with E-state index in [4.69, 9.17) is 0 Å². The predicted octanol–water partition coefficient (Wildman–Crippen LogP) is 1.66. The number of amides is 2. The van der Waals surface area contributed by atoms with Crippen LogP contribution >= 0.6 is 27.3 Å². The van der Waals surface area contributed by atoms with Crippen LogP contribution in [0.15, 0.2) is 45.1 Å². The Hall–Kier alpha value is -1.93. The van der Waals surface area contributed by atoms with Crippen molar-refractivity contribution in [2.24, 2.45) is 0 Å². The number of aromatic nitrogens is 1. The summed E-state index contributed by atoms with van der Waals surface area (Å²) in [5.41, 5.74) is -0.210. The first-order chi connectivity index (χ1) is 11.5. The fourth-order valence-corrected chi connectivity index (χ4v) is 3.66. The average molecular weight is 410 g/mol. The van der Waals surface area contributed by atoms with Gasteiger partial charge in [0.1, 0.15) is 6.54 Å². The Morgan fingerprint density at radius 3 is 2.46 bits per heavy atom. The van der Waals surface area contributed by atoms with E-state index >= 15 is 0 Å². The van der Waals surface area contributed by atoms with E-state index in [2.05, 4.69) is 15.9 Å². The minimum Gasteiger partial charge on any atom is -0.338 e. The van der Waals surface area contributed by atoms with Gasteiger partial charge >= 0.3 is 0 Å². The van der Waals surface area contributed by atoms with Crippen LogP contribution < -0.4 is 5.56 Å². The lowest BCUT2D eigenvalue weighted by atomic mass is 10.3. The SMILES string of the molecule is O=C(Cn1cc(Br)ccc1=O)N1CCN(C(=O)c2cccs2)CC1. The first-order valence-electron chi connectivity index (χ1n) is 7.51. The van der Waals surface area contributed by atoms with Gasteiger partial charge in [0.2, 0.25) is 5.91 Å². The van der Waals surface area contributed by atoms with Crippen molar-refractivity contribution in [3.05, 3.63) is 55.5 Å². The zero-order valence-electron chi connectivity index (χ0n) is 12.9. The summed E-state index contributed by atoms with van der Waals surface area (Å²) in [7, 11) is 0. The summed E-state index contributed by atoms with van der Waals surface area (Å²) in [6, 6.07) is 6.74. The molecule has 8 heteroatoms. The van der Waals surface area contributed by atoms with Crippen molar-refractivity contribution in [1.82, 2.24) is 14.4 Å². The van der Waals surface area contributed by atoms with E-state index in [9.17, 15) is 14.4 Å². The molecule has 1 saturated heterocycles. The van der Waals surface area contributed by atoms with Gasteiger partial charge in [-0.1, -0.05) is 6.07 Å². The number of thiophene rings is 1. The molecule has 0 atom stereocenters. The van der Waals surface area contributed by atoms with Gasteiger partial charge in [0, 0.05) is 42.9 Å². The van der Waals surface area contributed by atoms with Crippen LogP contribution in [0.1, 0.15) is 9.67 Å². The lowest BCUT2D eigenvalue weighted by Crippen LogP contribution is -2.51. The maximum atomic E-state index is 12.4. The molecule has 126 valence electrons. The molecule has 1 aliphatic rings. The highest BCUT2D eigenvalue weighted by Crippen LogP contribution is 2.14. The Kier molecular flexibility index (Phi) is 5.15. The molecule has 0 unspecified atom stereocenters. The van der Waals surface area contributed by atoms with E-state index in [0.29, 0.717) is 26.2 Å². The topological polar surface area (TPSA) is 62.6 Å². The number of halogens is 1. The number of hydrogen-bond donors (Lipinski definition) is 0. The summed E-state index contributed by atoms with van der Waals surface area (Å²) in [5.74, 6) is -0.0984. The van der Waals surface area contributed by atoms with Gasteiger partial charge in [0.05, 0.1) is 4.88 Å². The molecule has 1 aliphatic heterocycles. The Labute approximate surface area is 151 Å². The maximum absolute atomic E-state index is 12.4. The summed E-state index contributed by atoms with van der Waals surface area (Å²) >= 11 is 4.72. The highest BCUT2D eigenvalue weighted by atomic mass is 79.9. The molecule has 3 rings (SSSR count). The summed E-state index contributed by atoms with van der Waals surface area (Å²) in [6.07, 6.45) is 1.61. The van der Waals surface area contributed by atoms with Gasteiger partial charge in [0.25, 0.3) is 11.5 Å². The molecule has 0 bridgehead atoms. The third-order valence-corrected chi connectivity index (χ3v) is 5.23. The molecular weight excluding hydrogens is 394 g/mol. The molecule has 0 spiro atoms. The molecule has 2 amide bonds. The van der Waals surface area contributed by atoms with E-state index in [1.807, 2.05) is 17.5 Å². The minimum atomic E-state index is -0.210. The predicted molar refractivity (Wildman–Crippen MR) is 95.2 cm³/mol. The van der Waals surface area contributed by atoms with Crippen molar-refractivity contribution in [3.63, 3.8) is 0 Å². The smallest absolute Gasteiger partial charge is 0.264 e. The van der Waals surface area contributed by atoms with E-state index < -0.39 is 0 Å². The highest BCUT2D eigenvalue weighted by Gasteiger charge is 2.25. The van der Waals surface area contributed by atoms with Gasteiger partial charge in [-0.15, -0.1) is 11.3 Å². The van der Waals surface area contributed by atoms with Crippen molar-refractivity contribution < 1.29 is 9.59 Å². The van der Waals surface area contributed by atoms with E-state index in [0.717, 1.165) is 9.35 Å². The van der Waals surface area contributed by atoms with Crippen molar-refractivity contribution in [2.45, 2.75) is 6.54 Å². The van der Waals surface area contributed by atoms with Crippen LogP contribution in [-0.4, -0.2) is 52.4 Å². The largest absolute Gasteiger partial charge is 0.338 e. The van der Waals surface area contributed by atoms with E-state index in [1.54, 1.807) is 22.1 Å². The number of rotatable bonds is 3. The van der Waals surface area contributed by atoms with Crippen LogP contribution in [0.5, 0.6) is 0 Å². The van der Waals surface area contributed by atoms with Crippen LogP contribution in [0.2, 0.25) is 0 Å². The fraction of sp³-hybridized carbons (Fsp3) is 0.312. The Bertz CT molecular complexity index is 795. The van der Waals surface area contributed by atoms with Crippen molar-refractivity contribution in [2.75, 3.05) is 26.2 Å². The zero-order valence-corrected chi connectivity index (χ0v) is 15.3. The van der Waals surface area contributed by atoms with Crippen LogP contribution in [0.25, 0.3) is 0 Å². The Morgan fingerprint density at radius 2 is 1.79 bits per heavy atom. The maximum Gasteiger partial charge on any atom is 0.264 e. The molecule has 6 nitrogen and oxygen atoms in total. The second kappa shape index (κ2) is 7.31. The first kappa shape index (κ1) is 16.9. The molecule has 0 N–H and O–H groups in total. The molecule has 0 saturated carbocycles. The number of pyridine rings is 1. The Morgan fingerprint density at radius 1 is 1.08 bits per heavy atom. The number of carbonyl (C=O) groups excluding carboxylic acids is 2. The van der Waals surface area contributed by atoms with Crippen LogP contribution in [-0.2, 0) is 11.3 Å². The van der Waals surface area contributed by atoms with Gasteiger partial charge in [-0.05, 0) is 33.4 Å². The number of nitrogens with zero attached hydrogens (tertiary/aromatic N) is 3. The molecule has 0 aromatic carbocycles. The van der Waals surface area contributed by atoms with Crippen molar-refractivity contribution >= 4 is 39.1 Å². The second-order valence-corrected chi connectivity index (χ2v) is 7.33. The molecular formula is C16H16BrN3O3S. The summed E-state index contributed by atoms with van der Waals surface area (Å²) in [5, 5.41) is 1.88. The Balaban J connectivity index is 1.58. The zero-order chi connectivity index (χ0) is 17.1. The van der Waals surface area contributed by atoms with E-state index in [-0.39, 0.29) is 23.9 Å². The van der Waals surface area contributed by atoms with Crippen molar-refractivity contribution in [3.8, 4) is 0 Å². The molecule has 2 aromatic rings. The lowest BCUT2D eigenvalue weighted by molar-refractivity contribution is -0.133. The van der Waals surface area contributed by atoms with Gasteiger partial charge in [-0.3, -0.25) is 14.4 Å². The number of carbonyl (C=O) groups is 2. The summed E-state index contributed by atoms with van der Waals surface area (Å²) in [6.45, 7) is 2.00. The molecule has 2 aromatic heterocycles. The van der Waals surface area contributed by atoms with Crippen LogP contribution in [0.3, 0.4) is 0 Å². The van der Waals surface area contributed by atoms with Crippen LogP contribution in [0, 0.1) is 0 Å². The molecule has 0 radical (unpaired) electrons. The van der Waals surface area contributed by atoms with Gasteiger partial charge < -0.3 is 14.4 Å². The van der Waals surface area contributed by atoms with Crippen molar-refractivity contribution in [1.29, 1.82) is 0 Å². The summed E-state index contributed by atoms with van der Waals surface area (Å²) < 4.78 is 2.14. The standard InChI is InChI=1S/C16H16BrN3O3S/c17-12-3-4-14(21)20(10-12)11-15(22)18-5-7-19(8-6-18)16(23)13-2-1-9-24-13/h1-4,9-10H,5-8,11H2. The second-order valence-electron chi connectivity index (χ2n) is 5.46. The molecule has 1 fully saturated rings. The molecule has 24 heavy (non-hydrogen) atoms. The highest BCUT2D eigenvalue weighted by molar-refractivity contribution is 9.10. The molecule has 0 aliphatic carbocycles. The monoisotopic (exact) mass is 409 g/mol. The summed E-state index contributed by atoms with van der Waals surface area (Å²) in [4.78, 5) is 40.6. The fourth-order valence-electron chi connectivity index (χ4n) is 2.59. The number of hydrogen-bond acceptors (Lipinski definition) is 4. The number of piperazine rings is 1. The van der Waals surface area contributed by atoms with Gasteiger partial charge in [-0.25, -0.2) is 0 Å². The average Bonchev–Trinajstić information content (AvgIpc) is 3.12. The first-order valence-corrected chi connectivity index (χ1v) is 9.18. The van der Waals surface area contributed by atoms with E-state index in [1.165, 1.54) is 22.0 Å². The van der Waals surface area contributed by atoms with Crippen LogP contribution in [0.4, 0.5) is 0 Å². The third kappa shape index (κ3) is 3.76. The normalized spacial score (nSPS) is 14.7. The van der Waals surface area contributed by atoms with Gasteiger partial charge in [-0.2, -0.15) is 0 Å².